The summed E-state index contributed by atoms with van der Waals surface area (Å²) in [6.45, 7) is 1.76. The number of hydrogen-bond acceptors (Lipinski definition) is 3. The summed E-state index contributed by atoms with van der Waals surface area (Å²) in [6, 6.07) is 4.88. The quantitative estimate of drug-likeness (QED) is 0.911. The Bertz CT molecular complexity index is 583. The zero-order valence-electron chi connectivity index (χ0n) is 10.9. The molecule has 4 heteroatoms. The average molecular weight is 276 g/mol. The van der Waals surface area contributed by atoms with Crippen LogP contribution >= 0.6 is 11.3 Å². The van der Waals surface area contributed by atoms with Gasteiger partial charge in [0.1, 0.15) is 10.8 Å². The summed E-state index contributed by atoms with van der Waals surface area (Å²) >= 11 is 1.69. The van der Waals surface area contributed by atoms with Gasteiger partial charge in [-0.2, -0.15) is 0 Å². The fraction of sp³-hybridized carbons (Fsp3) is 0.400. The molecule has 0 spiro atoms. The first kappa shape index (κ1) is 12.8. The topological polar surface area (TPSA) is 38.9 Å². The highest BCUT2D eigenvalue weighted by molar-refractivity contribution is 7.11. The lowest BCUT2D eigenvalue weighted by atomic mass is 10.0. The highest BCUT2D eigenvalue weighted by Crippen LogP contribution is 2.31. The minimum atomic E-state index is -0.314. The molecule has 0 radical (unpaired) electrons. The van der Waals surface area contributed by atoms with Crippen LogP contribution in [0.5, 0.6) is 0 Å². The molecule has 2 nitrogen and oxygen atoms in total. The number of nitrogens with two attached hydrogens (primary N) is 1. The summed E-state index contributed by atoms with van der Waals surface area (Å²) < 4.78 is 13.6. The maximum absolute atomic E-state index is 13.6. The highest BCUT2D eigenvalue weighted by Gasteiger charge is 2.20. The van der Waals surface area contributed by atoms with E-state index in [2.05, 4.69) is 4.98 Å². The Labute approximate surface area is 116 Å². The third-order valence-corrected chi connectivity index (χ3v) is 4.92. The number of hydrogen-bond donors (Lipinski definition) is 1. The number of fused-ring (bicyclic) bond motifs is 1. The van der Waals surface area contributed by atoms with Crippen LogP contribution in [0.4, 0.5) is 4.39 Å². The number of aromatic nitrogens is 1. The van der Waals surface area contributed by atoms with Gasteiger partial charge in [-0.1, -0.05) is 12.1 Å². The molecule has 2 N–H and O–H groups in total. The van der Waals surface area contributed by atoms with E-state index in [0.717, 1.165) is 23.4 Å². The molecule has 2 aromatic rings. The molecule has 0 bridgehead atoms. The molecule has 1 atom stereocenters. The summed E-state index contributed by atoms with van der Waals surface area (Å²) in [4.78, 5) is 6.02. The van der Waals surface area contributed by atoms with E-state index >= 15 is 0 Å². The van der Waals surface area contributed by atoms with E-state index in [-0.39, 0.29) is 11.9 Å². The fourth-order valence-corrected chi connectivity index (χ4v) is 3.63. The van der Waals surface area contributed by atoms with Gasteiger partial charge < -0.3 is 5.73 Å². The minimum absolute atomic E-state index is 0.200. The lowest BCUT2D eigenvalue weighted by molar-refractivity contribution is 0.614. The molecule has 19 heavy (non-hydrogen) atoms. The van der Waals surface area contributed by atoms with Crippen molar-refractivity contribution >= 4 is 11.3 Å². The SMILES string of the molecule is Cc1ccc(C(N)c2nc3c(s2)CCCC3)cc1F. The van der Waals surface area contributed by atoms with Crippen molar-refractivity contribution in [1.29, 1.82) is 0 Å². The van der Waals surface area contributed by atoms with E-state index in [0.29, 0.717) is 5.56 Å². The first-order chi connectivity index (χ1) is 9.15. The summed E-state index contributed by atoms with van der Waals surface area (Å²) in [5.41, 5.74) is 8.88. The van der Waals surface area contributed by atoms with Crippen molar-refractivity contribution in [3.63, 3.8) is 0 Å². The molecule has 1 aromatic carbocycles. The molecule has 1 aliphatic carbocycles. The van der Waals surface area contributed by atoms with Crippen LogP contribution in [0.3, 0.4) is 0 Å². The van der Waals surface area contributed by atoms with Crippen molar-refractivity contribution in [3.05, 3.63) is 50.7 Å². The van der Waals surface area contributed by atoms with E-state index in [1.54, 1.807) is 24.3 Å². The van der Waals surface area contributed by atoms with Gasteiger partial charge in [-0.25, -0.2) is 9.37 Å². The third-order valence-electron chi connectivity index (χ3n) is 3.68. The van der Waals surface area contributed by atoms with Crippen molar-refractivity contribution in [2.45, 2.75) is 38.6 Å². The van der Waals surface area contributed by atoms with Gasteiger partial charge in [0, 0.05) is 4.88 Å². The predicted molar refractivity (Wildman–Crippen MR) is 75.9 cm³/mol. The highest BCUT2D eigenvalue weighted by atomic mass is 32.1. The van der Waals surface area contributed by atoms with Crippen LogP contribution in [0.15, 0.2) is 18.2 Å². The standard InChI is InChI=1S/C15H17FN2S/c1-9-6-7-10(8-11(9)16)14(17)15-18-12-4-2-3-5-13(12)19-15/h6-8,14H,2-5,17H2,1H3. The molecule has 0 saturated carbocycles. The Kier molecular flexibility index (Phi) is 3.37. The largest absolute Gasteiger partial charge is 0.318 e. The fourth-order valence-electron chi connectivity index (χ4n) is 2.45. The Hall–Kier alpha value is -1.26. The van der Waals surface area contributed by atoms with Gasteiger partial charge in [0.2, 0.25) is 0 Å². The lowest BCUT2D eigenvalue weighted by Crippen LogP contribution is -2.12. The molecule has 1 heterocycles. The van der Waals surface area contributed by atoms with Crippen LogP contribution in [0.1, 0.15) is 45.6 Å². The zero-order valence-corrected chi connectivity index (χ0v) is 11.8. The third kappa shape index (κ3) is 2.42. The molecule has 1 unspecified atom stereocenters. The molecule has 100 valence electrons. The van der Waals surface area contributed by atoms with E-state index in [9.17, 15) is 4.39 Å². The Morgan fingerprint density at radius 2 is 2.11 bits per heavy atom. The minimum Gasteiger partial charge on any atom is -0.318 e. The second-order valence-electron chi connectivity index (χ2n) is 5.12. The molecule has 0 aliphatic heterocycles. The van der Waals surface area contributed by atoms with Crippen LogP contribution in [0.25, 0.3) is 0 Å². The summed E-state index contributed by atoms with van der Waals surface area (Å²) in [5, 5.41) is 0.912. The summed E-state index contributed by atoms with van der Waals surface area (Å²) in [6.07, 6.45) is 4.62. The van der Waals surface area contributed by atoms with Gasteiger partial charge >= 0.3 is 0 Å². The van der Waals surface area contributed by atoms with Gasteiger partial charge in [-0.15, -0.1) is 11.3 Å². The van der Waals surface area contributed by atoms with Crippen LogP contribution in [-0.2, 0) is 12.8 Å². The van der Waals surface area contributed by atoms with Crippen molar-refractivity contribution < 1.29 is 4.39 Å². The molecular weight excluding hydrogens is 259 g/mol. The van der Waals surface area contributed by atoms with Gasteiger partial charge in [0.05, 0.1) is 11.7 Å². The maximum Gasteiger partial charge on any atom is 0.126 e. The number of halogens is 1. The zero-order chi connectivity index (χ0) is 13.4. The first-order valence-electron chi connectivity index (χ1n) is 6.65. The number of thiazole rings is 1. The molecule has 0 saturated heterocycles. The van der Waals surface area contributed by atoms with E-state index in [1.807, 2.05) is 6.07 Å². The van der Waals surface area contributed by atoms with Gasteiger partial charge in [-0.3, -0.25) is 0 Å². The molecule has 1 aromatic heterocycles. The molecular formula is C15H17FN2S. The van der Waals surface area contributed by atoms with E-state index in [1.165, 1.54) is 29.5 Å². The Balaban J connectivity index is 1.92. The Morgan fingerprint density at radius 1 is 1.32 bits per heavy atom. The molecule has 0 fully saturated rings. The maximum atomic E-state index is 13.6. The van der Waals surface area contributed by atoms with Gasteiger partial charge in [-0.05, 0) is 49.8 Å². The van der Waals surface area contributed by atoms with Crippen LogP contribution in [0, 0.1) is 12.7 Å². The normalized spacial score (nSPS) is 16.2. The first-order valence-corrected chi connectivity index (χ1v) is 7.47. The summed E-state index contributed by atoms with van der Waals surface area (Å²) in [7, 11) is 0. The molecule has 1 aliphatic rings. The number of aryl methyl sites for hydroxylation is 3. The van der Waals surface area contributed by atoms with Crippen molar-refractivity contribution in [2.24, 2.45) is 5.73 Å². The van der Waals surface area contributed by atoms with E-state index < -0.39 is 0 Å². The molecule has 0 amide bonds. The number of nitrogens with zero attached hydrogens (tertiary/aromatic N) is 1. The predicted octanol–water partition coefficient (Wildman–Crippen LogP) is 3.52. The second kappa shape index (κ2) is 5.02. The van der Waals surface area contributed by atoms with Crippen molar-refractivity contribution in [3.8, 4) is 0 Å². The second-order valence-corrected chi connectivity index (χ2v) is 6.23. The summed E-state index contributed by atoms with van der Waals surface area (Å²) in [5.74, 6) is -0.200. The van der Waals surface area contributed by atoms with Crippen molar-refractivity contribution in [1.82, 2.24) is 4.98 Å². The average Bonchev–Trinajstić information content (AvgIpc) is 2.85. The monoisotopic (exact) mass is 276 g/mol. The van der Waals surface area contributed by atoms with Gasteiger partial charge in [0.15, 0.2) is 0 Å². The lowest BCUT2D eigenvalue weighted by Gasteiger charge is -2.09. The van der Waals surface area contributed by atoms with Crippen molar-refractivity contribution in [2.75, 3.05) is 0 Å². The van der Waals surface area contributed by atoms with Crippen LogP contribution in [0.2, 0.25) is 0 Å². The van der Waals surface area contributed by atoms with Crippen LogP contribution in [-0.4, -0.2) is 4.98 Å². The van der Waals surface area contributed by atoms with Crippen LogP contribution < -0.4 is 5.73 Å². The van der Waals surface area contributed by atoms with Gasteiger partial charge in [0.25, 0.3) is 0 Å². The molecule has 3 rings (SSSR count). The Morgan fingerprint density at radius 3 is 2.84 bits per heavy atom. The van der Waals surface area contributed by atoms with E-state index in [4.69, 9.17) is 5.73 Å². The number of rotatable bonds is 2. The smallest absolute Gasteiger partial charge is 0.126 e. The number of benzene rings is 1.